The van der Waals surface area contributed by atoms with Gasteiger partial charge in [0.25, 0.3) is 0 Å². The average molecular weight is 361 g/mol. The first-order valence-electron chi connectivity index (χ1n) is 8.56. The van der Waals surface area contributed by atoms with E-state index in [-0.39, 0.29) is 6.03 Å². The monoisotopic (exact) mass is 361 g/mol. The SMILES string of the molecule is Cc1cc(C)n(-c2cccc(CNC(=O)Nc3cnc4cccnn34)c2)n1. The molecule has 0 saturated carbocycles. The van der Waals surface area contributed by atoms with Crippen molar-refractivity contribution in [3.63, 3.8) is 0 Å². The number of urea groups is 1. The Bertz CT molecular complexity index is 1110. The van der Waals surface area contributed by atoms with Crippen LogP contribution in [0.4, 0.5) is 10.6 Å². The number of nitrogens with one attached hydrogen (secondary N) is 2. The lowest BCUT2D eigenvalue weighted by Crippen LogP contribution is -2.28. The average Bonchev–Trinajstić information content (AvgIpc) is 3.23. The third-order valence-corrected chi connectivity index (χ3v) is 4.14. The highest BCUT2D eigenvalue weighted by Crippen LogP contribution is 2.14. The first-order valence-corrected chi connectivity index (χ1v) is 8.56. The lowest BCUT2D eigenvalue weighted by molar-refractivity contribution is 0.251. The van der Waals surface area contributed by atoms with E-state index < -0.39 is 0 Å². The number of nitrogens with zero attached hydrogens (tertiary/aromatic N) is 5. The molecule has 2 amide bonds. The number of hydrogen-bond acceptors (Lipinski definition) is 4. The molecule has 4 rings (SSSR count). The van der Waals surface area contributed by atoms with Gasteiger partial charge in [-0.15, -0.1) is 0 Å². The maximum atomic E-state index is 12.2. The summed E-state index contributed by atoms with van der Waals surface area (Å²) in [4.78, 5) is 16.4. The van der Waals surface area contributed by atoms with Crippen LogP contribution in [0.3, 0.4) is 0 Å². The van der Waals surface area contributed by atoms with Gasteiger partial charge in [0.05, 0.1) is 17.6 Å². The van der Waals surface area contributed by atoms with Gasteiger partial charge in [-0.2, -0.15) is 14.7 Å². The van der Waals surface area contributed by atoms with Gasteiger partial charge in [0.2, 0.25) is 0 Å². The van der Waals surface area contributed by atoms with Gasteiger partial charge in [-0.05, 0) is 49.7 Å². The van der Waals surface area contributed by atoms with Crippen LogP contribution in [0, 0.1) is 13.8 Å². The maximum absolute atomic E-state index is 12.2. The van der Waals surface area contributed by atoms with Gasteiger partial charge in [0.1, 0.15) is 0 Å². The Morgan fingerprint density at radius 1 is 1.15 bits per heavy atom. The van der Waals surface area contributed by atoms with E-state index in [0.29, 0.717) is 18.0 Å². The van der Waals surface area contributed by atoms with Crippen molar-refractivity contribution in [3.05, 3.63) is 71.8 Å². The second-order valence-electron chi connectivity index (χ2n) is 6.25. The smallest absolute Gasteiger partial charge is 0.320 e. The van der Waals surface area contributed by atoms with E-state index in [9.17, 15) is 4.79 Å². The zero-order valence-electron chi connectivity index (χ0n) is 15.0. The number of hydrogen-bond donors (Lipinski definition) is 2. The van der Waals surface area contributed by atoms with Gasteiger partial charge in [-0.25, -0.2) is 14.5 Å². The molecular formula is C19H19N7O. The molecule has 0 saturated heterocycles. The molecule has 3 aromatic heterocycles. The fourth-order valence-electron chi connectivity index (χ4n) is 2.95. The minimum atomic E-state index is -0.320. The summed E-state index contributed by atoms with van der Waals surface area (Å²) in [5.41, 5.74) is 4.65. The molecule has 0 aliphatic heterocycles. The quantitative estimate of drug-likeness (QED) is 0.585. The van der Waals surface area contributed by atoms with Gasteiger partial charge in [0.15, 0.2) is 11.5 Å². The highest BCUT2D eigenvalue weighted by atomic mass is 16.2. The lowest BCUT2D eigenvalue weighted by Gasteiger charge is -2.09. The van der Waals surface area contributed by atoms with Gasteiger partial charge in [-0.1, -0.05) is 12.1 Å². The van der Waals surface area contributed by atoms with E-state index in [0.717, 1.165) is 22.6 Å². The molecule has 27 heavy (non-hydrogen) atoms. The molecule has 1 aromatic carbocycles. The number of fused-ring (bicyclic) bond motifs is 1. The number of benzene rings is 1. The lowest BCUT2D eigenvalue weighted by atomic mass is 10.2. The Morgan fingerprint density at radius 2 is 2.04 bits per heavy atom. The summed E-state index contributed by atoms with van der Waals surface area (Å²) in [6.07, 6.45) is 3.22. The van der Waals surface area contributed by atoms with E-state index >= 15 is 0 Å². The standard InChI is InChI=1S/C19H19N7O/c1-13-9-14(2)25(24-13)16-6-3-5-15(10-16)11-21-19(27)23-18-12-20-17-7-4-8-22-26(17)18/h3-10,12H,11H2,1-2H3,(H2,21,23,27). The van der Waals surface area contributed by atoms with Crippen molar-refractivity contribution in [1.82, 2.24) is 29.7 Å². The number of aromatic nitrogens is 5. The van der Waals surface area contributed by atoms with Crippen molar-refractivity contribution in [3.8, 4) is 5.69 Å². The molecule has 136 valence electrons. The van der Waals surface area contributed by atoms with E-state index in [1.165, 1.54) is 0 Å². The molecule has 0 bridgehead atoms. The van der Waals surface area contributed by atoms with Crippen molar-refractivity contribution in [2.45, 2.75) is 20.4 Å². The highest BCUT2D eigenvalue weighted by Gasteiger charge is 2.08. The number of aryl methyl sites for hydroxylation is 2. The predicted molar refractivity (Wildman–Crippen MR) is 102 cm³/mol. The summed E-state index contributed by atoms with van der Waals surface area (Å²) in [5, 5.41) is 14.3. The van der Waals surface area contributed by atoms with Gasteiger partial charge in [-0.3, -0.25) is 5.32 Å². The predicted octanol–water partition coefficient (Wildman–Crippen LogP) is 2.85. The van der Waals surface area contributed by atoms with Crippen LogP contribution in [0.25, 0.3) is 11.3 Å². The summed E-state index contributed by atoms with van der Waals surface area (Å²) in [7, 11) is 0. The number of carbonyl (C=O) groups excluding carboxylic acids is 1. The Hall–Kier alpha value is -3.68. The van der Waals surface area contributed by atoms with Crippen LogP contribution < -0.4 is 10.6 Å². The molecule has 0 spiro atoms. The molecule has 0 fully saturated rings. The van der Waals surface area contributed by atoms with Crippen LogP contribution in [0.5, 0.6) is 0 Å². The van der Waals surface area contributed by atoms with E-state index in [4.69, 9.17) is 0 Å². The molecule has 0 aliphatic carbocycles. The van der Waals surface area contributed by atoms with Crippen molar-refractivity contribution < 1.29 is 4.79 Å². The first kappa shape index (κ1) is 16.8. The number of imidazole rings is 1. The summed E-state index contributed by atoms with van der Waals surface area (Å²) >= 11 is 0. The summed E-state index contributed by atoms with van der Waals surface area (Å²) in [6, 6.07) is 13.2. The van der Waals surface area contributed by atoms with Crippen LogP contribution >= 0.6 is 0 Å². The Labute approximate surface area is 155 Å². The van der Waals surface area contributed by atoms with Crippen molar-refractivity contribution in [2.24, 2.45) is 0 Å². The van der Waals surface area contributed by atoms with Crippen molar-refractivity contribution >= 4 is 17.5 Å². The van der Waals surface area contributed by atoms with E-state index in [1.807, 2.05) is 54.9 Å². The zero-order valence-corrected chi connectivity index (χ0v) is 15.0. The number of anilines is 1. The molecule has 0 aliphatic rings. The minimum Gasteiger partial charge on any atom is -0.334 e. The largest absolute Gasteiger partial charge is 0.334 e. The molecule has 0 unspecified atom stereocenters. The number of rotatable bonds is 4. The number of amides is 2. The molecule has 8 nitrogen and oxygen atoms in total. The van der Waals surface area contributed by atoms with Gasteiger partial charge < -0.3 is 5.32 Å². The second-order valence-corrected chi connectivity index (χ2v) is 6.25. The second kappa shape index (κ2) is 6.91. The molecule has 3 heterocycles. The summed E-state index contributed by atoms with van der Waals surface area (Å²) < 4.78 is 3.46. The topological polar surface area (TPSA) is 89.1 Å². The third kappa shape index (κ3) is 3.50. The molecule has 8 heteroatoms. The zero-order chi connectivity index (χ0) is 18.8. The fraction of sp³-hybridized carbons (Fsp3) is 0.158. The molecule has 4 aromatic rings. The number of carbonyl (C=O) groups is 1. The van der Waals surface area contributed by atoms with Crippen LogP contribution in [-0.4, -0.2) is 30.4 Å². The highest BCUT2D eigenvalue weighted by molar-refractivity contribution is 5.88. The Kier molecular flexibility index (Phi) is 4.29. The van der Waals surface area contributed by atoms with Crippen LogP contribution in [0.15, 0.2) is 54.9 Å². The van der Waals surface area contributed by atoms with E-state index in [1.54, 1.807) is 23.0 Å². The van der Waals surface area contributed by atoms with Crippen molar-refractivity contribution in [2.75, 3.05) is 5.32 Å². The Morgan fingerprint density at radius 3 is 2.85 bits per heavy atom. The Balaban J connectivity index is 1.43. The normalized spacial score (nSPS) is 10.9. The molecule has 0 radical (unpaired) electrons. The summed E-state index contributed by atoms with van der Waals surface area (Å²) in [5.74, 6) is 0.513. The van der Waals surface area contributed by atoms with Gasteiger partial charge in [0, 0.05) is 18.4 Å². The van der Waals surface area contributed by atoms with Crippen LogP contribution in [0.2, 0.25) is 0 Å². The van der Waals surface area contributed by atoms with Crippen molar-refractivity contribution in [1.29, 1.82) is 0 Å². The molecule has 2 N–H and O–H groups in total. The van der Waals surface area contributed by atoms with Crippen LogP contribution in [-0.2, 0) is 6.54 Å². The fourth-order valence-corrected chi connectivity index (χ4v) is 2.95. The summed E-state index contributed by atoms with van der Waals surface area (Å²) in [6.45, 7) is 4.37. The molecular weight excluding hydrogens is 342 g/mol. The van der Waals surface area contributed by atoms with Crippen LogP contribution in [0.1, 0.15) is 17.0 Å². The molecule has 0 atom stereocenters. The van der Waals surface area contributed by atoms with Gasteiger partial charge >= 0.3 is 6.03 Å². The minimum absolute atomic E-state index is 0.320. The third-order valence-electron chi connectivity index (χ3n) is 4.14. The first-order chi connectivity index (χ1) is 13.1. The maximum Gasteiger partial charge on any atom is 0.320 e. The van der Waals surface area contributed by atoms with E-state index in [2.05, 4.69) is 25.8 Å².